The van der Waals surface area contributed by atoms with E-state index in [1.165, 1.54) is 7.11 Å². The first-order valence-electron chi connectivity index (χ1n) is 4.36. The third kappa shape index (κ3) is 2.43. The van der Waals surface area contributed by atoms with E-state index in [1.807, 2.05) is 0 Å². The Morgan fingerprint density at radius 1 is 1.57 bits per heavy atom. The molecule has 0 aliphatic carbocycles. The molecule has 0 aliphatic rings. The van der Waals surface area contributed by atoms with Crippen molar-refractivity contribution in [1.29, 1.82) is 0 Å². The fourth-order valence-electron chi connectivity index (χ4n) is 1.22. The van der Waals surface area contributed by atoms with Crippen LogP contribution in [0.15, 0.2) is 18.2 Å². The van der Waals surface area contributed by atoms with Crippen LogP contribution < -0.4 is 10.5 Å². The molecule has 0 bridgehead atoms. The molecule has 0 aromatic heterocycles. The Morgan fingerprint density at radius 3 is 2.86 bits per heavy atom. The predicted octanol–water partition coefficient (Wildman–Crippen LogP) is 0.696. The molecule has 0 saturated heterocycles. The van der Waals surface area contributed by atoms with Crippen molar-refractivity contribution in [3.8, 4) is 5.75 Å². The molecule has 14 heavy (non-hydrogen) atoms. The molecule has 0 fully saturated rings. The van der Waals surface area contributed by atoms with Crippen LogP contribution in [0, 0.1) is 5.82 Å². The van der Waals surface area contributed by atoms with Gasteiger partial charge in [-0.15, -0.1) is 0 Å². The van der Waals surface area contributed by atoms with Crippen molar-refractivity contribution in [1.82, 2.24) is 0 Å². The van der Waals surface area contributed by atoms with Crippen molar-refractivity contribution in [2.75, 3.05) is 13.7 Å². The first-order chi connectivity index (χ1) is 6.69. The van der Waals surface area contributed by atoms with E-state index in [1.54, 1.807) is 18.2 Å². The summed E-state index contributed by atoms with van der Waals surface area (Å²) in [6, 6.07) is 4.44. The van der Waals surface area contributed by atoms with Crippen molar-refractivity contribution in [2.24, 2.45) is 5.73 Å². The van der Waals surface area contributed by atoms with E-state index in [-0.39, 0.29) is 12.4 Å². The van der Waals surface area contributed by atoms with Crippen LogP contribution in [0.2, 0.25) is 0 Å². The van der Waals surface area contributed by atoms with Crippen LogP contribution in [0.25, 0.3) is 0 Å². The lowest BCUT2D eigenvalue weighted by Crippen LogP contribution is -2.27. The molecule has 1 aromatic carbocycles. The Kier molecular flexibility index (Phi) is 3.85. The molecule has 0 heterocycles. The van der Waals surface area contributed by atoms with E-state index in [4.69, 9.17) is 15.6 Å². The van der Waals surface area contributed by atoms with Gasteiger partial charge >= 0.3 is 0 Å². The maximum atomic E-state index is 13.5. The van der Waals surface area contributed by atoms with Crippen molar-refractivity contribution >= 4 is 0 Å². The van der Waals surface area contributed by atoms with Crippen molar-refractivity contribution in [2.45, 2.75) is 12.5 Å². The van der Waals surface area contributed by atoms with E-state index in [2.05, 4.69) is 0 Å². The van der Waals surface area contributed by atoms with Crippen LogP contribution >= 0.6 is 0 Å². The molecule has 3 nitrogen and oxygen atoms in total. The highest BCUT2D eigenvalue weighted by Crippen LogP contribution is 2.20. The molecular weight excluding hydrogens is 185 g/mol. The summed E-state index contributed by atoms with van der Waals surface area (Å²) in [7, 11) is 1.41. The molecular formula is C10H14FNO2. The summed E-state index contributed by atoms with van der Waals surface area (Å²) in [6.07, 6.45) is 0.305. The second-order valence-electron chi connectivity index (χ2n) is 3.08. The van der Waals surface area contributed by atoms with Gasteiger partial charge < -0.3 is 15.6 Å². The smallest absolute Gasteiger partial charge is 0.168 e. The van der Waals surface area contributed by atoms with E-state index in [0.29, 0.717) is 12.0 Å². The number of hydrogen-bond acceptors (Lipinski definition) is 3. The SMILES string of the molecule is COc1cccc(CC(N)CO)c1F. The number of halogens is 1. The number of benzene rings is 1. The highest BCUT2D eigenvalue weighted by atomic mass is 19.1. The number of aliphatic hydroxyl groups excluding tert-OH is 1. The Bertz CT molecular complexity index is 304. The van der Waals surface area contributed by atoms with Crippen LogP contribution in [0.5, 0.6) is 5.75 Å². The number of nitrogens with two attached hydrogens (primary N) is 1. The van der Waals surface area contributed by atoms with Gasteiger partial charge in [0.1, 0.15) is 0 Å². The minimum Gasteiger partial charge on any atom is -0.494 e. The van der Waals surface area contributed by atoms with Gasteiger partial charge in [0, 0.05) is 6.04 Å². The molecule has 0 amide bonds. The third-order valence-electron chi connectivity index (χ3n) is 1.98. The van der Waals surface area contributed by atoms with Gasteiger partial charge in [0.25, 0.3) is 0 Å². The zero-order valence-corrected chi connectivity index (χ0v) is 8.03. The largest absolute Gasteiger partial charge is 0.494 e. The highest BCUT2D eigenvalue weighted by molar-refractivity contribution is 5.31. The second-order valence-corrected chi connectivity index (χ2v) is 3.08. The summed E-state index contributed by atoms with van der Waals surface area (Å²) in [5, 5.41) is 8.73. The lowest BCUT2D eigenvalue weighted by molar-refractivity contribution is 0.264. The molecule has 0 radical (unpaired) electrons. The summed E-state index contributed by atoms with van der Waals surface area (Å²) < 4.78 is 18.3. The molecule has 1 atom stereocenters. The first-order valence-corrected chi connectivity index (χ1v) is 4.36. The van der Waals surface area contributed by atoms with E-state index in [9.17, 15) is 4.39 Å². The number of rotatable bonds is 4. The summed E-state index contributed by atoms with van der Waals surface area (Å²) >= 11 is 0. The zero-order chi connectivity index (χ0) is 10.6. The monoisotopic (exact) mass is 199 g/mol. The lowest BCUT2D eigenvalue weighted by atomic mass is 10.1. The highest BCUT2D eigenvalue weighted by Gasteiger charge is 2.10. The van der Waals surface area contributed by atoms with Gasteiger partial charge in [0.05, 0.1) is 13.7 Å². The first kappa shape index (κ1) is 10.9. The van der Waals surface area contributed by atoms with E-state index in [0.717, 1.165) is 0 Å². The van der Waals surface area contributed by atoms with Crippen LogP contribution in [-0.2, 0) is 6.42 Å². The fraction of sp³-hybridized carbons (Fsp3) is 0.400. The van der Waals surface area contributed by atoms with E-state index < -0.39 is 11.9 Å². The maximum Gasteiger partial charge on any atom is 0.168 e. The average molecular weight is 199 g/mol. The molecule has 0 spiro atoms. The van der Waals surface area contributed by atoms with Gasteiger partial charge in [-0.2, -0.15) is 0 Å². The van der Waals surface area contributed by atoms with Crippen LogP contribution in [0.4, 0.5) is 4.39 Å². The van der Waals surface area contributed by atoms with E-state index >= 15 is 0 Å². The van der Waals surface area contributed by atoms with Gasteiger partial charge in [0.15, 0.2) is 11.6 Å². The minimum absolute atomic E-state index is 0.156. The molecule has 3 N–H and O–H groups in total. The number of hydrogen-bond donors (Lipinski definition) is 2. The fourth-order valence-corrected chi connectivity index (χ4v) is 1.22. The third-order valence-corrected chi connectivity index (χ3v) is 1.98. The summed E-state index contributed by atoms with van der Waals surface area (Å²) in [6.45, 7) is -0.156. The molecule has 1 rings (SSSR count). The standard InChI is InChI=1S/C10H14FNO2/c1-14-9-4-2-3-7(10(9)11)5-8(12)6-13/h2-4,8,13H,5-6,12H2,1H3. The summed E-state index contributed by atoms with van der Waals surface area (Å²) in [4.78, 5) is 0. The van der Waals surface area contributed by atoms with Gasteiger partial charge in [-0.05, 0) is 18.1 Å². The molecule has 78 valence electrons. The van der Waals surface area contributed by atoms with Crippen molar-refractivity contribution < 1.29 is 14.2 Å². The Morgan fingerprint density at radius 2 is 2.29 bits per heavy atom. The second kappa shape index (κ2) is 4.93. The minimum atomic E-state index is -0.434. The van der Waals surface area contributed by atoms with Crippen molar-refractivity contribution in [3.63, 3.8) is 0 Å². The van der Waals surface area contributed by atoms with Crippen LogP contribution in [0.1, 0.15) is 5.56 Å². The van der Waals surface area contributed by atoms with Crippen LogP contribution in [0.3, 0.4) is 0 Å². The summed E-state index contributed by atoms with van der Waals surface area (Å²) in [5.74, 6) is -0.202. The lowest BCUT2D eigenvalue weighted by Gasteiger charge is -2.10. The Balaban J connectivity index is 2.86. The normalized spacial score (nSPS) is 12.6. The molecule has 0 aliphatic heterocycles. The van der Waals surface area contributed by atoms with Gasteiger partial charge in [-0.3, -0.25) is 0 Å². The summed E-state index contributed by atoms with van der Waals surface area (Å²) in [5.41, 5.74) is 5.97. The predicted molar refractivity (Wildman–Crippen MR) is 51.7 cm³/mol. The van der Waals surface area contributed by atoms with Gasteiger partial charge in [-0.25, -0.2) is 4.39 Å². The number of aliphatic hydroxyl groups is 1. The van der Waals surface area contributed by atoms with Crippen molar-refractivity contribution in [3.05, 3.63) is 29.6 Å². The van der Waals surface area contributed by atoms with Gasteiger partial charge in [0.2, 0.25) is 0 Å². The molecule has 4 heteroatoms. The maximum absolute atomic E-state index is 13.5. The van der Waals surface area contributed by atoms with Gasteiger partial charge in [-0.1, -0.05) is 12.1 Å². The van der Waals surface area contributed by atoms with Crippen LogP contribution in [-0.4, -0.2) is 24.9 Å². The molecule has 1 aromatic rings. The molecule has 0 saturated carbocycles. The number of ether oxygens (including phenoxy) is 1. The number of methoxy groups -OCH3 is 1. The Hall–Kier alpha value is -1.13. The average Bonchev–Trinajstić information content (AvgIpc) is 2.21. The topological polar surface area (TPSA) is 55.5 Å². The quantitative estimate of drug-likeness (QED) is 0.750. The zero-order valence-electron chi connectivity index (χ0n) is 8.03. The Labute approximate surface area is 82.3 Å². The molecule has 1 unspecified atom stereocenters.